The minimum absolute atomic E-state index is 0.0385. The maximum atomic E-state index is 13.7. The molecule has 0 bridgehead atoms. The van der Waals surface area contributed by atoms with Gasteiger partial charge in [-0.2, -0.15) is 5.26 Å². The van der Waals surface area contributed by atoms with Crippen molar-refractivity contribution in [2.24, 2.45) is 57.7 Å². The number of thiazole rings is 1. The standard InChI is InChI=1S/C63H90N6O10S/c1-37-24-26-62(8)42(32-37)33-49(70)55-45-21-20-44(63(45,9)27-25-46(55)62)38(2)18-23-52(72)66-48(59(76)77)16-13-14-28-65-51(71)17-12-11-15-29-69(60(78)79-43-19-22-47-50(34-43)80-53(36-64)67-47)31-30-68(10)54(73)35-61(6,7)56-41(5)57(74)39(3)40(4)58(56)75/h19,22,34,37-38,42,44-46,48-49,55,70H,11-18,20-21,23-33,35H2,1-10H3,(H,65,71)(H,66,72)(H,76,77)/t37-,38-,42+,44-,45+,46+,48?,49+,55+,62+,63-/m1/s1. The molecule has 4 fully saturated rings. The number of aliphatic hydroxyl groups excluding tert-OH is 1. The Morgan fingerprint density at radius 2 is 1.59 bits per heavy atom. The van der Waals surface area contributed by atoms with Gasteiger partial charge in [-0.1, -0.05) is 54.4 Å². The number of nitrogens with one attached hydrogen (secondary N) is 2. The molecule has 5 aliphatic carbocycles. The first kappa shape index (κ1) is 62.1. The van der Waals surface area contributed by atoms with Gasteiger partial charge in [-0.15, -0.1) is 11.3 Å². The van der Waals surface area contributed by atoms with Crippen LogP contribution in [-0.2, 0) is 28.8 Å². The number of ketones is 2. The van der Waals surface area contributed by atoms with E-state index in [0.29, 0.717) is 119 Å². The topological polar surface area (TPSA) is 236 Å². The van der Waals surface area contributed by atoms with Crippen LogP contribution in [0.5, 0.6) is 5.75 Å². The summed E-state index contributed by atoms with van der Waals surface area (Å²) in [5.41, 5.74) is 1.60. The highest BCUT2D eigenvalue weighted by Crippen LogP contribution is 2.68. The van der Waals surface area contributed by atoms with Crippen molar-refractivity contribution >= 4 is 62.9 Å². The quantitative estimate of drug-likeness (QED) is 0.0567. The molecule has 1 aromatic heterocycles. The largest absolute Gasteiger partial charge is 0.480 e. The van der Waals surface area contributed by atoms with Gasteiger partial charge in [-0.3, -0.25) is 24.0 Å². The number of fused-ring (bicyclic) bond motifs is 6. The number of aromatic nitrogens is 1. The van der Waals surface area contributed by atoms with Gasteiger partial charge < -0.3 is 35.4 Å². The van der Waals surface area contributed by atoms with E-state index in [4.69, 9.17) is 4.74 Å². The number of carbonyl (C=O) groups is 7. The van der Waals surface area contributed by atoms with E-state index in [1.54, 1.807) is 59.9 Å². The average Bonchev–Trinajstić information content (AvgIpc) is 4.12. The van der Waals surface area contributed by atoms with Crippen molar-refractivity contribution in [3.05, 3.63) is 45.5 Å². The van der Waals surface area contributed by atoms with Gasteiger partial charge in [-0.05, 0) is 169 Å². The Bertz CT molecular complexity index is 2780. The highest BCUT2D eigenvalue weighted by atomic mass is 32.1. The number of nitriles is 1. The number of unbranched alkanes of at least 4 members (excludes halogenated alkanes) is 3. The summed E-state index contributed by atoms with van der Waals surface area (Å²) in [6.07, 6.45) is 12.7. The maximum Gasteiger partial charge on any atom is 0.415 e. The molecule has 438 valence electrons. The molecule has 0 spiro atoms. The molecule has 0 saturated heterocycles. The second-order valence-electron chi connectivity index (χ2n) is 25.9. The highest BCUT2D eigenvalue weighted by molar-refractivity contribution is 7.19. The number of amides is 4. The molecule has 7 rings (SSSR count). The van der Waals surface area contributed by atoms with E-state index in [1.165, 1.54) is 53.2 Å². The third-order valence-electron chi connectivity index (χ3n) is 20.2. The molecule has 4 N–H and O–H groups in total. The fourth-order valence-corrected chi connectivity index (χ4v) is 16.2. The van der Waals surface area contributed by atoms with Crippen LogP contribution in [0, 0.1) is 69.0 Å². The Labute approximate surface area is 478 Å². The summed E-state index contributed by atoms with van der Waals surface area (Å²) in [7, 11) is 1.63. The molecular weight excluding hydrogens is 1030 g/mol. The fourth-order valence-electron chi connectivity index (χ4n) is 15.4. The van der Waals surface area contributed by atoms with Gasteiger partial charge in [-0.25, -0.2) is 14.6 Å². The fraction of sp³-hybridized carbons (Fsp3) is 0.698. The van der Waals surface area contributed by atoms with Crippen molar-refractivity contribution in [1.82, 2.24) is 25.4 Å². The molecule has 4 amide bonds. The number of allylic oxidation sites excluding steroid dienone is 4. The number of carbonyl (C=O) groups excluding carboxylic acids is 6. The molecule has 1 heterocycles. The van der Waals surface area contributed by atoms with Crippen molar-refractivity contribution in [3.63, 3.8) is 0 Å². The molecule has 16 nitrogen and oxygen atoms in total. The number of nitrogens with zero attached hydrogens (tertiary/aromatic N) is 4. The zero-order valence-electron chi connectivity index (χ0n) is 49.3. The van der Waals surface area contributed by atoms with Gasteiger partial charge in [0.1, 0.15) is 17.9 Å². The van der Waals surface area contributed by atoms with E-state index in [-0.39, 0.29) is 96.9 Å². The Kier molecular flexibility index (Phi) is 20.3. The number of carboxylic acid groups (broad SMARTS) is 1. The number of rotatable bonds is 24. The average molecular weight is 1120 g/mol. The Balaban J connectivity index is 0.817. The molecule has 2 aromatic rings. The summed E-state index contributed by atoms with van der Waals surface area (Å²) in [6.45, 7) is 19.0. The van der Waals surface area contributed by atoms with E-state index in [0.717, 1.165) is 25.2 Å². The second kappa shape index (κ2) is 26.2. The maximum absolute atomic E-state index is 13.7. The smallest absolute Gasteiger partial charge is 0.415 e. The minimum atomic E-state index is -1.07. The first-order valence-electron chi connectivity index (χ1n) is 29.8. The van der Waals surface area contributed by atoms with Gasteiger partial charge in [0.2, 0.25) is 17.7 Å². The summed E-state index contributed by atoms with van der Waals surface area (Å²) >= 11 is 1.18. The van der Waals surface area contributed by atoms with E-state index in [1.807, 2.05) is 6.07 Å². The lowest BCUT2D eigenvalue weighted by Crippen LogP contribution is -2.58. The molecule has 17 heteroatoms. The summed E-state index contributed by atoms with van der Waals surface area (Å²) in [5.74, 6) is 1.68. The van der Waals surface area contributed by atoms with Crippen LogP contribution in [0.2, 0.25) is 0 Å². The van der Waals surface area contributed by atoms with Crippen LogP contribution >= 0.6 is 11.3 Å². The monoisotopic (exact) mass is 1120 g/mol. The number of hydrogen-bond donors (Lipinski definition) is 4. The van der Waals surface area contributed by atoms with Gasteiger partial charge in [0.25, 0.3) is 0 Å². The lowest BCUT2D eigenvalue weighted by Gasteiger charge is -2.62. The van der Waals surface area contributed by atoms with Crippen LogP contribution in [0.4, 0.5) is 4.79 Å². The van der Waals surface area contributed by atoms with Crippen LogP contribution in [-0.4, -0.2) is 112 Å². The summed E-state index contributed by atoms with van der Waals surface area (Å²) in [6, 6.07) is 5.96. The SMILES string of the molecule is CC1=C(C)C(=O)C(C(C)(C)CC(=O)N(C)CCN(CCCCCC(=O)NCCCCC(NC(=O)CC[C@@H](C)[C@H]2CC[C@H]3[C@@H]4[C@@H](O)C[C@@H]5C[C@H](C)CC[C@]5(C)[C@H]4CC[C@]23C)C(=O)O)C(=O)Oc2ccc3nc(C#N)sc3c2)=C(C)C1=O. The molecule has 0 radical (unpaired) electrons. The number of ether oxygens (including phenoxy) is 1. The molecule has 5 aliphatic rings. The van der Waals surface area contributed by atoms with Crippen LogP contribution in [0.3, 0.4) is 0 Å². The zero-order valence-corrected chi connectivity index (χ0v) is 50.2. The van der Waals surface area contributed by atoms with E-state index in [2.05, 4.69) is 43.3 Å². The third kappa shape index (κ3) is 13.9. The Hall–Kier alpha value is -5.47. The Morgan fingerprint density at radius 3 is 2.31 bits per heavy atom. The molecular formula is C63H90N6O10S. The van der Waals surface area contributed by atoms with E-state index >= 15 is 0 Å². The molecule has 1 unspecified atom stereocenters. The molecule has 1 aromatic carbocycles. The van der Waals surface area contributed by atoms with Gasteiger partial charge in [0.05, 0.1) is 16.3 Å². The summed E-state index contributed by atoms with van der Waals surface area (Å²) in [4.78, 5) is 99.3. The van der Waals surface area contributed by atoms with Crippen LogP contribution in [0.15, 0.2) is 40.5 Å². The first-order valence-corrected chi connectivity index (χ1v) is 30.6. The number of Topliss-reactive ketones (excluding diaryl/α,β-unsaturated/α-hetero) is 2. The number of hydrogen-bond acceptors (Lipinski definition) is 12. The number of carboxylic acids is 1. The number of likely N-dealkylation sites (N-methyl/N-ethyl adjacent to an activating group) is 1. The number of benzene rings is 1. The first-order chi connectivity index (χ1) is 37.8. The van der Waals surface area contributed by atoms with Gasteiger partial charge >= 0.3 is 12.1 Å². The van der Waals surface area contributed by atoms with Crippen molar-refractivity contribution in [3.8, 4) is 11.8 Å². The molecule has 11 atom stereocenters. The van der Waals surface area contributed by atoms with E-state index in [9.17, 15) is 49.0 Å². The van der Waals surface area contributed by atoms with Crippen molar-refractivity contribution in [1.29, 1.82) is 5.26 Å². The van der Waals surface area contributed by atoms with Crippen LogP contribution in [0.25, 0.3) is 10.2 Å². The predicted molar refractivity (Wildman–Crippen MR) is 308 cm³/mol. The lowest BCUT2D eigenvalue weighted by atomic mass is 9.43. The van der Waals surface area contributed by atoms with Crippen LogP contribution in [0.1, 0.15) is 183 Å². The minimum Gasteiger partial charge on any atom is -0.480 e. The molecule has 0 aliphatic heterocycles. The number of aliphatic carboxylic acids is 1. The molecule has 4 saturated carbocycles. The van der Waals surface area contributed by atoms with E-state index < -0.39 is 23.5 Å². The van der Waals surface area contributed by atoms with Crippen molar-refractivity contribution in [2.45, 2.75) is 190 Å². The normalized spacial score (nSPS) is 27.4. The predicted octanol–water partition coefficient (Wildman–Crippen LogP) is 10.7. The highest BCUT2D eigenvalue weighted by Gasteiger charge is 2.62. The summed E-state index contributed by atoms with van der Waals surface area (Å²) in [5, 5.41) is 37.1. The van der Waals surface area contributed by atoms with Crippen molar-refractivity contribution in [2.75, 3.05) is 33.2 Å². The Morgan fingerprint density at radius 1 is 0.875 bits per heavy atom. The second-order valence-corrected chi connectivity index (χ2v) is 27.0. The van der Waals surface area contributed by atoms with Crippen molar-refractivity contribution < 1.29 is 48.5 Å². The number of aliphatic hydroxyl groups is 1. The third-order valence-corrected chi connectivity index (χ3v) is 21.2. The zero-order chi connectivity index (χ0) is 58.4. The van der Waals surface area contributed by atoms with Gasteiger partial charge in [0, 0.05) is 86.3 Å². The lowest BCUT2D eigenvalue weighted by molar-refractivity contribution is -0.168. The molecule has 80 heavy (non-hydrogen) atoms. The summed E-state index contributed by atoms with van der Waals surface area (Å²) < 4.78 is 6.48. The van der Waals surface area contributed by atoms with Crippen LogP contribution < -0.4 is 15.4 Å². The van der Waals surface area contributed by atoms with Gasteiger partial charge in [0.15, 0.2) is 16.6 Å².